The molecule has 4 atom stereocenters. The zero-order chi connectivity index (χ0) is 20.6. The van der Waals surface area contributed by atoms with Crippen molar-refractivity contribution in [1.82, 2.24) is 0 Å². The van der Waals surface area contributed by atoms with Crippen molar-refractivity contribution >= 4 is 35.5 Å². The summed E-state index contributed by atoms with van der Waals surface area (Å²) in [7, 11) is 0. The fraction of sp³-hybridized carbons (Fsp3) is 0.364. The van der Waals surface area contributed by atoms with Crippen molar-refractivity contribution < 1.29 is 23.8 Å². The average molecular weight is 433 g/mol. The van der Waals surface area contributed by atoms with Crippen LogP contribution >= 0.6 is 23.5 Å². The predicted molar refractivity (Wildman–Crippen MR) is 114 cm³/mol. The van der Waals surface area contributed by atoms with Crippen LogP contribution in [0, 0.1) is 0 Å². The highest BCUT2D eigenvalue weighted by Gasteiger charge is 2.42. The van der Waals surface area contributed by atoms with Gasteiger partial charge in [-0.05, 0) is 30.7 Å². The van der Waals surface area contributed by atoms with Crippen molar-refractivity contribution in [3.8, 4) is 0 Å². The van der Waals surface area contributed by atoms with Crippen LogP contribution in [0.2, 0.25) is 0 Å². The lowest BCUT2D eigenvalue weighted by Crippen LogP contribution is -2.50. The van der Waals surface area contributed by atoms with E-state index in [4.69, 9.17) is 14.2 Å². The Kier molecular flexibility index (Phi) is 8.03. The first-order chi connectivity index (χ1) is 14.0. The Morgan fingerprint density at radius 2 is 1.52 bits per heavy atom. The fourth-order valence-electron chi connectivity index (χ4n) is 3.08. The summed E-state index contributed by atoms with van der Waals surface area (Å²) >= 11 is 3.28. The summed E-state index contributed by atoms with van der Waals surface area (Å²) in [4.78, 5) is 25.3. The normalized spacial score (nSPS) is 23.9. The minimum atomic E-state index is -0.529. The third-order valence-corrected chi connectivity index (χ3v) is 6.70. The molecule has 1 heterocycles. The molecule has 7 heteroatoms. The number of benzene rings is 2. The molecule has 3 rings (SSSR count). The van der Waals surface area contributed by atoms with Crippen LogP contribution in [0.5, 0.6) is 0 Å². The van der Waals surface area contributed by atoms with Crippen molar-refractivity contribution in [3.05, 3.63) is 60.7 Å². The molecule has 29 heavy (non-hydrogen) atoms. The van der Waals surface area contributed by atoms with Crippen molar-refractivity contribution in [2.75, 3.05) is 6.61 Å². The Morgan fingerprint density at radius 1 is 0.931 bits per heavy atom. The van der Waals surface area contributed by atoms with Crippen molar-refractivity contribution in [2.45, 2.75) is 53.0 Å². The maximum atomic E-state index is 11.8. The summed E-state index contributed by atoms with van der Waals surface area (Å²) in [6, 6.07) is 20.0. The molecule has 0 saturated carbocycles. The average Bonchev–Trinajstić information content (AvgIpc) is 2.70. The Bertz CT molecular complexity index is 799. The van der Waals surface area contributed by atoms with E-state index < -0.39 is 12.2 Å². The third-order valence-electron chi connectivity index (χ3n) is 4.28. The molecule has 1 fully saturated rings. The van der Waals surface area contributed by atoms with E-state index >= 15 is 0 Å². The van der Waals surface area contributed by atoms with Gasteiger partial charge in [0.1, 0.15) is 24.3 Å². The molecule has 0 bridgehead atoms. The van der Waals surface area contributed by atoms with Crippen LogP contribution in [-0.4, -0.2) is 41.4 Å². The van der Waals surface area contributed by atoms with Gasteiger partial charge in [-0.1, -0.05) is 48.2 Å². The second kappa shape index (κ2) is 10.7. The maximum absolute atomic E-state index is 11.8. The van der Waals surface area contributed by atoms with E-state index in [0.29, 0.717) is 6.42 Å². The van der Waals surface area contributed by atoms with Crippen molar-refractivity contribution in [2.24, 2.45) is 0 Å². The lowest BCUT2D eigenvalue weighted by Gasteiger charge is -2.40. The number of hydrogen-bond donors (Lipinski definition) is 0. The van der Waals surface area contributed by atoms with Crippen LogP contribution in [0.4, 0.5) is 0 Å². The molecule has 2 aromatic rings. The number of hydrogen-bond acceptors (Lipinski definition) is 7. The molecule has 1 aliphatic heterocycles. The van der Waals surface area contributed by atoms with Crippen LogP contribution in [0.15, 0.2) is 70.5 Å². The zero-order valence-corrected chi connectivity index (χ0v) is 18.0. The van der Waals surface area contributed by atoms with Crippen LogP contribution in [0.25, 0.3) is 0 Å². The molecule has 0 amide bonds. The Balaban J connectivity index is 1.82. The van der Waals surface area contributed by atoms with E-state index in [2.05, 4.69) is 0 Å². The lowest BCUT2D eigenvalue weighted by molar-refractivity contribution is -0.171. The fourth-order valence-corrected chi connectivity index (χ4v) is 5.63. The minimum Gasteiger partial charge on any atom is -0.463 e. The molecule has 0 radical (unpaired) electrons. The van der Waals surface area contributed by atoms with Gasteiger partial charge in [0, 0.05) is 23.6 Å². The summed E-state index contributed by atoms with van der Waals surface area (Å²) in [5.41, 5.74) is -0.147. The SMILES string of the molecule is CC(=O)OC[C@H]1O[C@@H](Sc2ccccc2)C[C@@H](Sc2ccccc2)[C@@H]1OC(C)=O. The minimum absolute atomic E-state index is 0.0307. The van der Waals surface area contributed by atoms with Crippen LogP contribution in [-0.2, 0) is 23.8 Å². The number of thioether (sulfide) groups is 2. The second-order valence-electron chi connectivity index (χ2n) is 6.62. The highest BCUT2D eigenvalue weighted by Crippen LogP contribution is 2.40. The van der Waals surface area contributed by atoms with Gasteiger partial charge < -0.3 is 14.2 Å². The molecule has 2 aromatic carbocycles. The van der Waals surface area contributed by atoms with Crippen molar-refractivity contribution in [3.63, 3.8) is 0 Å². The highest BCUT2D eigenvalue weighted by molar-refractivity contribution is 8.00. The topological polar surface area (TPSA) is 61.8 Å². The molecule has 1 aliphatic rings. The molecule has 154 valence electrons. The number of carbonyl (C=O) groups is 2. The summed E-state index contributed by atoms with van der Waals surface area (Å²) in [5.74, 6) is -0.764. The second-order valence-corrected chi connectivity index (χ2v) is 9.16. The van der Waals surface area contributed by atoms with Gasteiger partial charge in [0.25, 0.3) is 0 Å². The first kappa shape index (κ1) is 21.7. The van der Waals surface area contributed by atoms with Gasteiger partial charge in [0.2, 0.25) is 0 Å². The van der Waals surface area contributed by atoms with Gasteiger partial charge in [-0.2, -0.15) is 0 Å². The van der Waals surface area contributed by atoms with E-state index in [1.165, 1.54) is 13.8 Å². The number of carbonyl (C=O) groups excluding carboxylic acids is 2. The highest BCUT2D eigenvalue weighted by atomic mass is 32.2. The smallest absolute Gasteiger partial charge is 0.303 e. The summed E-state index contributed by atoms with van der Waals surface area (Å²) in [6.07, 6.45) is -0.350. The van der Waals surface area contributed by atoms with Gasteiger partial charge in [0.05, 0.1) is 5.25 Å². The first-order valence-electron chi connectivity index (χ1n) is 9.40. The zero-order valence-electron chi connectivity index (χ0n) is 16.4. The number of esters is 2. The quantitative estimate of drug-likeness (QED) is 0.595. The van der Waals surface area contributed by atoms with Gasteiger partial charge in [-0.3, -0.25) is 9.59 Å². The Morgan fingerprint density at radius 3 is 2.07 bits per heavy atom. The molecule has 1 saturated heterocycles. The van der Waals surface area contributed by atoms with E-state index in [1.807, 2.05) is 60.7 Å². The largest absolute Gasteiger partial charge is 0.463 e. The van der Waals surface area contributed by atoms with Gasteiger partial charge in [0.15, 0.2) is 0 Å². The van der Waals surface area contributed by atoms with Crippen LogP contribution in [0.1, 0.15) is 20.3 Å². The Hall–Kier alpha value is -1.96. The predicted octanol–water partition coefficient (Wildman–Crippen LogP) is 4.55. The summed E-state index contributed by atoms with van der Waals surface area (Å²) in [6.45, 7) is 2.79. The maximum Gasteiger partial charge on any atom is 0.303 e. The molecule has 0 aliphatic carbocycles. The van der Waals surface area contributed by atoms with Gasteiger partial charge >= 0.3 is 11.9 Å². The molecule has 0 spiro atoms. The summed E-state index contributed by atoms with van der Waals surface area (Å²) in [5, 5.41) is -0.0307. The van der Waals surface area contributed by atoms with Crippen LogP contribution < -0.4 is 0 Å². The van der Waals surface area contributed by atoms with E-state index in [9.17, 15) is 9.59 Å². The monoisotopic (exact) mass is 432 g/mol. The van der Waals surface area contributed by atoms with E-state index in [-0.39, 0.29) is 29.2 Å². The molecule has 0 N–H and O–H groups in total. The van der Waals surface area contributed by atoms with Gasteiger partial charge in [-0.15, -0.1) is 11.8 Å². The standard InChI is InChI=1S/C22H24O5S2/c1-15(23)25-14-19-22(26-16(2)24)20(28-17-9-5-3-6-10-17)13-21(27-19)29-18-11-7-4-8-12-18/h3-12,19-22H,13-14H2,1-2H3/t19-,20-,21+,22-/m1/s1. The van der Waals surface area contributed by atoms with Gasteiger partial charge in [-0.25, -0.2) is 0 Å². The lowest BCUT2D eigenvalue weighted by atomic mass is 10.1. The third kappa shape index (κ3) is 6.80. The molecule has 5 nitrogen and oxygen atoms in total. The van der Waals surface area contributed by atoms with E-state index in [0.717, 1.165) is 9.79 Å². The molecular weight excluding hydrogens is 408 g/mol. The molecule has 0 aromatic heterocycles. The van der Waals surface area contributed by atoms with E-state index in [1.54, 1.807) is 23.5 Å². The van der Waals surface area contributed by atoms with Crippen LogP contribution in [0.3, 0.4) is 0 Å². The molecular formula is C22H24O5S2. The number of ether oxygens (including phenoxy) is 3. The van der Waals surface area contributed by atoms with Crippen molar-refractivity contribution in [1.29, 1.82) is 0 Å². The Labute approximate surface area is 179 Å². The first-order valence-corrected chi connectivity index (χ1v) is 11.2. The molecule has 0 unspecified atom stereocenters. The summed E-state index contributed by atoms with van der Waals surface area (Å²) < 4.78 is 17.1. The number of rotatable bonds is 7.